The summed E-state index contributed by atoms with van der Waals surface area (Å²) >= 11 is 6.01. The zero-order chi connectivity index (χ0) is 12.4. The second kappa shape index (κ2) is 4.68. The van der Waals surface area contributed by atoms with E-state index in [4.69, 9.17) is 11.6 Å². The molecule has 0 aliphatic heterocycles. The summed E-state index contributed by atoms with van der Waals surface area (Å²) in [4.78, 5) is 16.3. The molecule has 0 bridgehead atoms. The number of aryl methyl sites for hydroxylation is 2. The highest BCUT2D eigenvalue weighted by molar-refractivity contribution is 6.31. The summed E-state index contributed by atoms with van der Waals surface area (Å²) in [6.45, 7) is 3.78. The Kier molecular flexibility index (Phi) is 3.25. The van der Waals surface area contributed by atoms with E-state index in [-0.39, 0.29) is 5.78 Å². The Labute approximate surface area is 105 Å². The first-order valence-electron chi connectivity index (χ1n) is 5.32. The smallest absolute Gasteiger partial charge is 0.211 e. The molecule has 0 aliphatic carbocycles. The van der Waals surface area contributed by atoms with E-state index in [1.54, 1.807) is 18.3 Å². The first-order chi connectivity index (χ1) is 8.09. The van der Waals surface area contributed by atoms with E-state index in [2.05, 4.69) is 4.98 Å². The second-order valence-corrected chi connectivity index (χ2v) is 4.37. The van der Waals surface area contributed by atoms with Crippen LogP contribution in [0, 0.1) is 13.8 Å². The van der Waals surface area contributed by atoms with Gasteiger partial charge in [0.05, 0.1) is 0 Å². The molecule has 3 heteroatoms. The molecule has 2 rings (SSSR count). The minimum atomic E-state index is -0.0926. The second-order valence-electron chi connectivity index (χ2n) is 3.96. The molecule has 0 amide bonds. The summed E-state index contributed by atoms with van der Waals surface area (Å²) in [6.07, 6.45) is 1.62. The maximum Gasteiger partial charge on any atom is 0.211 e. The van der Waals surface area contributed by atoms with Gasteiger partial charge in [-0.25, -0.2) is 0 Å². The molecule has 0 aliphatic rings. The van der Waals surface area contributed by atoms with Gasteiger partial charge in [0.25, 0.3) is 0 Å². The van der Waals surface area contributed by atoms with Gasteiger partial charge in [-0.1, -0.05) is 29.8 Å². The van der Waals surface area contributed by atoms with Crippen molar-refractivity contribution in [3.8, 4) is 0 Å². The number of hydrogen-bond donors (Lipinski definition) is 0. The van der Waals surface area contributed by atoms with Crippen LogP contribution >= 0.6 is 11.6 Å². The summed E-state index contributed by atoms with van der Waals surface area (Å²) in [5.74, 6) is -0.0926. The average molecular weight is 246 g/mol. The van der Waals surface area contributed by atoms with Crippen LogP contribution in [0.1, 0.15) is 27.2 Å². The van der Waals surface area contributed by atoms with Crippen LogP contribution < -0.4 is 0 Å². The van der Waals surface area contributed by atoms with Crippen LogP contribution in [0.4, 0.5) is 0 Å². The average Bonchev–Trinajstić information content (AvgIpc) is 2.32. The van der Waals surface area contributed by atoms with Crippen molar-refractivity contribution >= 4 is 17.4 Å². The molecule has 0 atom stereocenters. The lowest BCUT2D eigenvalue weighted by molar-refractivity contribution is 0.103. The fourth-order valence-corrected chi connectivity index (χ4v) is 1.77. The maximum atomic E-state index is 12.2. The van der Waals surface area contributed by atoms with Crippen molar-refractivity contribution in [2.24, 2.45) is 0 Å². The molecule has 0 N–H and O–H groups in total. The van der Waals surface area contributed by atoms with Crippen LogP contribution in [-0.4, -0.2) is 10.8 Å². The molecule has 0 saturated carbocycles. The molecule has 86 valence electrons. The standard InChI is InChI=1S/C14H12ClNO/c1-9-5-6-11(8-12(9)15)14(17)13-10(2)4-3-7-16-13/h3-8H,1-2H3. The topological polar surface area (TPSA) is 30.0 Å². The molecule has 2 aromatic rings. The molecule has 1 aromatic heterocycles. The third-order valence-corrected chi connectivity index (χ3v) is 3.07. The highest BCUT2D eigenvalue weighted by Crippen LogP contribution is 2.19. The summed E-state index contributed by atoms with van der Waals surface area (Å²) in [5, 5.41) is 0.601. The molecular formula is C14H12ClNO. The van der Waals surface area contributed by atoms with Gasteiger partial charge in [-0.2, -0.15) is 0 Å². The van der Waals surface area contributed by atoms with E-state index in [0.717, 1.165) is 11.1 Å². The van der Waals surface area contributed by atoms with Crippen LogP contribution in [0.15, 0.2) is 36.5 Å². The number of benzene rings is 1. The number of carbonyl (C=O) groups excluding carboxylic acids is 1. The van der Waals surface area contributed by atoms with Crippen molar-refractivity contribution in [1.82, 2.24) is 4.98 Å². The van der Waals surface area contributed by atoms with E-state index < -0.39 is 0 Å². The van der Waals surface area contributed by atoms with Gasteiger partial charge in [-0.15, -0.1) is 0 Å². The zero-order valence-corrected chi connectivity index (χ0v) is 10.5. The summed E-state index contributed by atoms with van der Waals surface area (Å²) < 4.78 is 0. The predicted octanol–water partition coefficient (Wildman–Crippen LogP) is 3.58. The number of halogens is 1. The van der Waals surface area contributed by atoms with Crippen LogP contribution in [0.5, 0.6) is 0 Å². The fraction of sp³-hybridized carbons (Fsp3) is 0.143. The molecular weight excluding hydrogens is 234 g/mol. The minimum Gasteiger partial charge on any atom is -0.287 e. The maximum absolute atomic E-state index is 12.2. The Bertz CT molecular complexity index is 578. The van der Waals surface area contributed by atoms with Crippen molar-refractivity contribution in [2.45, 2.75) is 13.8 Å². The van der Waals surface area contributed by atoms with Crippen molar-refractivity contribution in [1.29, 1.82) is 0 Å². The fourth-order valence-electron chi connectivity index (χ4n) is 1.59. The number of aromatic nitrogens is 1. The van der Waals surface area contributed by atoms with Crippen LogP contribution in [0.3, 0.4) is 0 Å². The molecule has 0 unspecified atom stereocenters. The van der Waals surface area contributed by atoms with Crippen molar-refractivity contribution in [3.63, 3.8) is 0 Å². The lowest BCUT2D eigenvalue weighted by Crippen LogP contribution is -2.06. The van der Waals surface area contributed by atoms with E-state index in [1.165, 1.54) is 0 Å². The van der Waals surface area contributed by atoms with Gasteiger partial charge in [0.2, 0.25) is 5.78 Å². The molecule has 0 radical (unpaired) electrons. The lowest BCUT2D eigenvalue weighted by atomic mass is 10.0. The van der Waals surface area contributed by atoms with E-state index in [0.29, 0.717) is 16.3 Å². The first-order valence-corrected chi connectivity index (χ1v) is 5.70. The Morgan fingerprint density at radius 2 is 1.94 bits per heavy atom. The van der Waals surface area contributed by atoms with Gasteiger partial charge >= 0.3 is 0 Å². The normalized spacial score (nSPS) is 10.3. The molecule has 1 aromatic carbocycles. The van der Waals surface area contributed by atoms with Crippen LogP contribution in [0.25, 0.3) is 0 Å². The van der Waals surface area contributed by atoms with E-state index >= 15 is 0 Å². The zero-order valence-electron chi connectivity index (χ0n) is 9.70. The molecule has 0 spiro atoms. The lowest BCUT2D eigenvalue weighted by Gasteiger charge is -2.05. The number of hydrogen-bond acceptors (Lipinski definition) is 2. The molecule has 2 nitrogen and oxygen atoms in total. The number of carbonyl (C=O) groups is 1. The number of nitrogens with zero attached hydrogens (tertiary/aromatic N) is 1. The summed E-state index contributed by atoms with van der Waals surface area (Å²) in [7, 11) is 0. The Hall–Kier alpha value is -1.67. The van der Waals surface area contributed by atoms with Crippen LogP contribution in [-0.2, 0) is 0 Å². The van der Waals surface area contributed by atoms with Gasteiger partial charge in [0.15, 0.2) is 0 Å². The highest BCUT2D eigenvalue weighted by Gasteiger charge is 2.13. The van der Waals surface area contributed by atoms with Gasteiger partial charge in [0, 0.05) is 16.8 Å². The summed E-state index contributed by atoms with van der Waals surface area (Å²) in [6, 6.07) is 8.99. The Balaban J connectivity index is 2.44. The van der Waals surface area contributed by atoms with Gasteiger partial charge in [-0.3, -0.25) is 9.78 Å². The SMILES string of the molecule is Cc1ccc(C(=O)c2ncccc2C)cc1Cl. The number of rotatable bonds is 2. The highest BCUT2D eigenvalue weighted by atomic mass is 35.5. The number of ketones is 1. The first kappa shape index (κ1) is 11.8. The van der Waals surface area contributed by atoms with E-state index in [9.17, 15) is 4.79 Å². The molecule has 1 heterocycles. The third-order valence-electron chi connectivity index (χ3n) is 2.66. The van der Waals surface area contributed by atoms with E-state index in [1.807, 2.05) is 32.0 Å². The molecule has 0 saturated heterocycles. The minimum absolute atomic E-state index is 0.0926. The number of pyridine rings is 1. The summed E-state index contributed by atoms with van der Waals surface area (Å²) in [5.41, 5.74) is 2.88. The largest absolute Gasteiger partial charge is 0.287 e. The third kappa shape index (κ3) is 2.37. The monoisotopic (exact) mass is 245 g/mol. The van der Waals surface area contributed by atoms with Gasteiger partial charge in [-0.05, 0) is 37.1 Å². The van der Waals surface area contributed by atoms with Crippen molar-refractivity contribution < 1.29 is 4.79 Å². The quantitative estimate of drug-likeness (QED) is 0.757. The molecule has 0 fully saturated rings. The Morgan fingerprint density at radius 1 is 1.18 bits per heavy atom. The van der Waals surface area contributed by atoms with Gasteiger partial charge < -0.3 is 0 Å². The molecule has 17 heavy (non-hydrogen) atoms. The van der Waals surface area contributed by atoms with Gasteiger partial charge in [0.1, 0.15) is 5.69 Å². The van der Waals surface area contributed by atoms with Crippen LogP contribution in [0.2, 0.25) is 5.02 Å². The predicted molar refractivity (Wildman–Crippen MR) is 68.6 cm³/mol. The Morgan fingerprint density at radius 3 is 2.59 bits per heavy atom. The van der Waals surface area contributed by atoms with Crippen molar-refractivity contribution in [3.05, 3.63) is 63.9 Å². The van der Waals surface area contributed by atoms with Crippen molar-refractivity contribution in [2.75, 3.05) is 0 Å².